The zero-order chi connectivity index (χ0) is 19.2. The van der Waals surface area contributed by atoms with Gasteiger partial charge in [0, 0.05) is 23.5 Å². The number of methoxy groups -OCH3 is 1. The Balaban J connectivity index is 1.73. The van der Waals surface area contributed by atoms with Crippen LogP contribution >= 0.6 is 11.6 Å². The molecule has 0 aliphatic rings. The van der Waals surface area contributed by atoms with Gasteiger partial charge in [0.05, 0.1) is 23.9 Å². The van der Waals surface area contributed by atoms with Crippen molar-refractivity contribution in [3.63, 3.8) is 0 Å². The van der Waals surface area contributed by atoms with Crippen LogP contribution in [0.3, 0.4) is 0 Å². The first-order chi connectivity index (χ1) is 13.1. The summed E-state index contributed by atoms with van der Waals surface area (Å²) in [5.41, 5.74) is 3.73. The maximum atomic E-state index is 11.9. The molecule has 0 aliphatic heterocycles. The van der Waals surface area contributed by atoms with Gasteiger partial charge in [-0.15, -0.1) is 0 Å². The van der Waals surface area contributed by atoms with Gasteiger partial charge < -0.3 is 9.15 Å². The molecule has 0 radical (unpaired) electrons. The standard InChI is InChI=1S/C19H14ClN3O4/c1-26-19(25)13-2-4-16(20)15(10-13)17-5-3-14(27-17)11-22-23-18(24)12-6-8-21-9-7-12/h2-11H,1H3,(H,23,24)/b22-11+. The summed E-state index contributed by atoms with van der Waals surface area (Å²) in [6, 6.07) is 11.2. The Bertz CT molecular complexity index is 999. The SMILES string of the molecule is COC(=O)c1ccc(Cl)c(-c2ccc(/C=N/NC(=O)c3ccncc3)o2)c1. The molecule has 1 N–H and O–H groups in total. The summed E-state index contributed by atoms with van der Waals surface area (Å²) in [7, 11) is 1.30. The minimum atomic E-state index is -0.472. The molecule has 27 heavy (non-hydrogen) atoms. The van der Waals surface area contributed by atoms with E-state index in [9.17, 15) is 9.59 Å². The highest BCUT2D eigenvalue weighted by atomic mass is 35.5. The van der Waals surface area contributed by atoms with Crippen molar-refractivity contribution in [2.24, 2.45) is 5.10 Å². The first-order valence-corrected chi connectivity index (χ1v) is 8.18. The van der Waals surface area contributed by atoms with Gasteiger partial charge in [-0.3, -0.25) is 9.78 Å². The zero-order valence-electron chi connectivity index (χ0n) is 14.2. The first-order valence-electron chi connectivity index (χ1n) is 7.80. The summed E-state index contributed by atoms with van der Waals surface area (Å²) < 4.78 is 10.4. The fourth-order valence-electron chi connectivity index (χ4n) is 2.25. The lowest BCUT2D eigenvalue weighted by Crippen LogP contribution is -2.17. The number of hydrogen-bond acceptors (Lipinski definition) is 6. The van der Waals surface area contributed by atoms with Crippen LogP contribution < -0.4 is 5.43 Å². The molecule has 3 aromatic rings. The predicted molar refractivity (Wildman–Crippen MR) is 99.8 cm³/mol. The van der Waals surface area contributed by atoms with Gasteiger partial charge in [0.15, 0.2) is 0 Å². The van der Waals surface area contributed by atoms with Gasteiger partial charge in [-0.1, -0.05) is 11.6 Å². The molecule has 136 valence electrons. The second-order valence-electron chi connectivity index (χ2n) is 5.32. The van der Waals surface area contributed by atoms with E-state index in [-0.39, 0.29) is 5.91 Å². The Morgan fingerprint density at radius 3 is 2.67 bits per heavy atom. The fraction of sp³-hybridized carbons (Fsp3) is 0.0526. The molecule has 2 heterocycles. The first kappa shape index (κ1) is 18.3. The zero-order valence-corrected chi connectivity index (χ0v) is 14.9. The van der Waals surface area contributed by atoms with Crippen LogP contribution in [0.1, 0.15) is 26.5 Å². The van der Waals surface area contributed by atoms with Gasteiger partial charge in [-0.25, -0.2) is 10.2 Å². The molecule has 7 nitrogen and oxygen atoms in total. The maximum absolute atomic E-state index is 11.9. The average molecular weight is 384 g/mol. The van der Waals surface area contributed by atoms with E-state index < -0.39 is 5.97 Å². The Kier molecular flexibility index (Phi) is 5.63. The van der Waals surface area contributed by atoms with E-state index in [0.717, 1.165) is 0 Å². The van der Waals surface area contributed by atoms with Crippen LogP contribution in [0.25, 0.3) is 11.3 Å². The van der Waals surface area contributed by atoms with Crippen molar-refractivity contribution in [1.29, 1.82) is 0 Å². The van der Waals surface area contributed by atoms with Crippen LogP contribution in [0.15, 0.2) is 64.4 Å². The number of nitrogens with one attached hydrogen (secondary N) is 1. The number of nitrogens with zero attached hydrogens (tertiary/aromatic N) is 2. The lowest BCUT2D eigenvalue weighted by atomic mass is 10.1. The number of benzene rings is 1. The number of carbonyl (C=O) groups excluding carboxylic acids is 2. The Labute approximate surface area is 159 Å². The van der Waals surface area contributed by atoms with Crippen LogP contribution in [0.2, 0.25) is 5.02 Å². The van der Waals surface area contributed by atoms with Crippen molar-refractivity contribution >= 4 is 29.7 Å². The van der Waals surface area contributed by atoms with Crippen molar-refractivity contribution in [1.82, 2.24) is 10.4 Å². The highest BCUT2D eigenvalue weighted by Crippen LogP contribution is 2.30. The molecule has 0 spiro atoms. The van der Waals surface area contributed by atoms with Crippen LogP contribution in [-0.4, -0.2) is 30.2 Å². The number of ether oxygens (including phenoxy) is 1. The molecule has 2 aromatic heterocycles. The third kappa shape index (κ3) is 4.39. The molecule has 0 saturated heterocycles. The molecule has 0 unspecified atom stereocenters. The Morgan fingerprint density at radius 1 is 1.15 bits per heavy atom. The number of esters is 1. The quantitative estimate of drug-likeness (QED) is 0.413. The highest BCUT2D eigenvalue weighted by molar-refractivity contribution is 6.33. The molecule has 1 amide bonds. The molecular formula is C19H14ClN3O4. The molecule has 0 saturated carbocycles. The minimum Gasteiger partial charge on any atom is -0.465 e. The van der Waals surface area contributed by atoms with Crippen LogP contribution in [0, 0.1) is 0 Å². The third-order valence-electron chi connectivity index (χ3n) is 3.58. The van der Waals surface area contributed by atoms with Gasteiger partial charge in [0.25, 0.3) is 5.91 Å². The van der Waals surface area contributed by atoms with E-state index in [1.54, 1.807) is 42.5 Å². The Hall–Kier alpha value is -3.45. The lowest BCUT2D eigenvalue weighted by Gasteiger charge is -2.04. The van der Waals surface area contributed by atoms with Crippen molar-refractivity contribution in [3.8, 4) is 11.3 Å². The average Bonchev–Trinajstić information content (AvgIpc) is 3.17. The maximum Gasteiger partial charge on any atom is 0.337 e. The highest BCUT2D eigenvalue weighted by Gasteiger charge is 2.13. The number of carbonyl (C=O) groups is 2. The van der Waals surface area contributed by atoms with Crippen molar-refractivity contribution in [2.45, 2.75) is 0 Å². The van der Waals surface area contributed by atoms with Crippen LogP contribution in [0.4, 0.5) is 0 Å². The van der Waals surface area contributed by atoms with Crippen molar-refractivity contribution in [3.05, 3.63) is 76.8 Å². The number of rotatable bonds is 5. The molecular weight excluding hydrogens is 370 g/mol. The van der Waals surface area contributed by atoms with Gasteiger partial charge in [0.1, 0.15) is 11.5 Å². The van der Waals surface area contributed by atoms with Crippen LogP contribution in [0.5, 0.6) is 0 Å². The van der Waals surface area contributed by atoms with Gasteiger partial charge in [-0.2, -0.15) is 5.10 Å². The molecule has 3 rings (SSSR count). The number of pyridine rings is 1. The van der Waals surface area contributed by atoms with E-state index in [2.05, 4.69) is 15.5 Å². The minimum absolute atomic E-state index is 0.355. The summed E-state index contributed by atoms with van der Waals surface area (Å²) in [6.07, 6.45) is 4.40. The topological polar surface area (TPSA) is 93.8 Å². The summed E-state index contributed by atoms with van der Waals surface area (Å²) in [5.74, 6) is 0.0153. The fourth-order valence-corrected chi connectivity index (χ4v) is 2.46. The molecule has 1 aromatic carbocycles. The number of hydrogen-bond donors (Lipinski definition) is 1. The largest absolute Gasteiger partial charge is 0.465 e. The second kappa shape index (κ2) is 8.29. The predicted octanol–water partition coefficient (Wildman–Crippen LogP) is 3.55. The molecule has 0 atom stereocenters. The van der Waals surface area contributed by atoms with Crippen molar-refractivity contribution < 1.29 is 18.7 Å². The molecule has 0 bridgehead atoms. The summed E-state index contributed by atoms with van der Waals surface area (Å²) in [6.45, 7) is 0. The number of halogens is 1. The van der Waals surface area contributed by atoms with E-state index in [1.807, 2.05) is 0 Å². The summed E-state index contributed by atoms with van der Waals surface area (Å²) >= 11 is 6.19. The number of furan rings is 1. The number of hydrazone groups is 1. The molecule has 0 fully saturated rings. The summed E-state index contributed by atoms with van der Waals surface area (Å²) in [5, 5.41) is 4.28. The van der Waals surface area contributed by atoms with E-state index >= 15 is 0 Å². The molecule has 0 aliphatic carbocycles. The van der Waals surface area contributed by atoms with Gasteiger partial charge in [0.2, 0.25) is 0 Å². The molecule has 8 heteroatoms. The third-order valence-corrected chi connectivity index (χ3v) is 3.91. The van der Waals surface area contributed by atoms with Gasteiger partial charge >= 0.3 is 5.97 Å². The van der Waals surface area contributed by atoms with E-state index in [4.69, 9.17) is 20.8 Å². The lowest BCUT2D eigenvalue weighted by molar-refractivity contribution is 0.0600. The second-order valence-corrected chi connectivity index (χ2v) is 5.73. The normalized spacial score (nSPS) is 10.7. The monoisotopic (exact) mass is 383 g/mol. The van der Waals surface area contributed by atoms with Crippen LogP contribution in [-0.2, 0) is 4.74 Å². The van der Waals surface area contributed by atoms with E-state index in [1.165, 1.54) is 25.7 Å². The number of amides is 1. The Morgan fingerprint density at radius 2 is 1.93 bits per heavy atom. The smallest absolute Gasteiger partial charge is 0.337 e. The van der Waals surface area contributed by atoms with Crippen molar-refractivity contribution in [2.75, 3.05) is 7.11 Å². The summed E-state index contributed by atoms with van der Waals surface area (Å²) in [4.78, 5) is 27.4. The van der Waals surface area contributed by atoms with E-state index in [0.29, 0.717) is 33.2 Å². The van der Waals surface area contributed by atoms with Gasteiger partial charge in [-0.05, 0) is 42.5 Å². The number of aromatic nitrogens is 1.